The van der Waals surface area contributed by atoms with Crippen molar-refractivity contribution in [3.8, 4) is 0 Å². The van der Waals surface area contributed by atoms with E-state index in [2.05, 4.69) is 6.55 Å². The molecule has 0 amide bonds. The van der Waals surface area contributed by atoms with Crippen molar-refractivity contribution in [1.29, 1.82) is 0 Å². The molecule has 0 spiro atoms. The van der Waals surface area contributed by atoms with Gasteiger partial charge in [0.05, 0.1) is 11.8 Å². The lowest BCUT2D eigenvalue weighted by molar-refractivity contribution is -0.175. The average Bonchev–Trinajstić information content (AvgIpc) is 2.96. The fourth-order valence-corrected chi connectivity index (χ4v) is 3.71. The van der Waals surface area contributed by atoms with Crippen molar-refractivity contribution < 1.29 is 19.1 Å². The predicted molar refractivity (Wildman–Crippen MR) is 95.3 cm³/mol. The minimum Gasteiger partial charge on any atom is -0.460 e. The topological polar surface area (TPSA) is 52.6 Å². The Morgan fingerprint density at radius 1 is 0.783 bits per heavy atom. The van der Waals surface area contributed by atoms with Gasteiger partial charge in [0.15, 0.2) is 0 Å². The molecule has 4 unspecified atom stereocenters. The van der Waals surface area contributed by atoms with Gasteiger partial charge in [-0.15, -0.1) is 0 Å². The number of ether oxygens (including phenoxy) is 2. The van der Waals surface area contributed by atoms with Crippen LogP contribution in [0.4, 0.5) is 0 Å². The van der Waals surface area contributed by atoms with Crippen LogP contribution in [0, 0.1) is 23.7 Å². The van der Waals surface area contributed by atoms with Crippen LogP contribution in [0.25, 0.3) is 0 Å². The number of carbonyl (C=O) groups is 2. The smallest absolute Gasteiger partial charge is 0.310 e. The fraction of sp³-hybridized carbons (Fsp3) is 0.889. The second-order valence-electron chi connectivity index (χ2n) is 8.45. The van der Waals surface area contributed by atoms with Gasteiger partial charge in [-0.3, -0.25) is 9.59 Å². The summed E-state index contributed by atoms with van der Waals surface area (Å²) in [6, 6.07) is 0. The standard InChI is InChI=1S/C17H28O4.CH6Si/c1-16(2,3)20-14(18)12-10-7-8-11(9-10)13(12)15(19)21-17(4,5)6;1-2/h10-13H,7-9H2,1-6H3;1-2H3. The van der Waals surface area contributed by atoms with Crippen molar-refractivity contribution in [2.45, 2.75) is 78.6 Å². The Hall–Kier alpha value is -0.843. The lowest BCUT2D eigenvalue weighted by Gasteiger charge is -2.32. The molecule has 5 heteroatoms. The van der Waals surface area contributed by atoms with Gasteiger partial charge in [0.1, 0.15) is 11.2 Å². The van der Waals surface area contributed by atoms with Crippen LogP contribution in [0.3, 0.4) is 0 Å². The number of carbonyl (C=O) groups excluding carboxylic acids is 2. The van der Waals surface area contributed by atoms with Crippen LogP contribution in [0.15, 0.2) is 0 Å². The molecule has 0 N–H and O–H groups in total. The Labute approximate surface area is 144 Å². The van der Waals surface area contributed by atoms with Gasteiger partial charge in [0.2, 0.25) is 0 Å². The van der Waals surface area contributed by atoms with E-state index < -0.39 is 11.2 Å². The molecule has 0 aromatic rings. The number of hydrogen-bond acceptors (Lipinski definition) is 4. The first-order chi connectivity index (χ1) is 10.5. The van der Waals surface area contributed by atoms with Gasteiger partial charge in [-0.25, -0.2) is 0 Å². The van der Waals surface area contributed by atoms with Crippen LogP contribution in [-0.4, -0.2) is 33.4 Å². The highest BCUT2D eigenvalue weighted by molar-refractivity contribution is 6.05. The Morgan fingerprint density at radius 2 is 1.09 bits per heavy atom. The minimum absolute atomic E-state index is 0.231. The normalized spacial score (nSPS) is 29.7. The summed E-state index contributed by atoms with van der Waals surface area (Å²) in [6.45, 7) is 13.3. The largest absolute Gasteiger partial charge is 0.460 e. The molecule has 2 aliphatic rings. The highest BCUT2D eigenvalue weighted by atomic mass is 28.1. The van der Waals surface area contributed by atoms with Gasteiger partial charge < -0.3 is 9.47 Å². The number of fused-ring (bicyclic) bond motifs is 2. The molecule has 4 atom stereocenters. The van der Waals surface area contributed by atoms with Crippen LogP contribution in [0.5, 0.6) is 0 Å². The van der Waals surface area contributed by atoms with Crippen LogP contribution in [-0.2, 0) is 19.1 Å². The van der Waals surface area contributed by atoms with E-state index in [4.69, 9.17) is 9.47 Å². The molecule has 2 aliphatic carbocycles. The van der Waals surface area contributed by atoms with E-state index in [1.54, 1.807) is 0 Å². The lowest BCUT2D eigenvalue weighted by atomic mass is 9.79. The Morgan fingerprint density at radius 3 is 1.35 bits per heavy atom. The molecule has 23 heavy (non-hydrogen) atoms. The SMILES string of the molecule is CC(C)(C)OC(=O)C1C2CCC(C2)C1C(=O)OC(C)(C)C.C[SiH3]. The molecule has 0 saturated heterocycles. The van der Waals surface area contributed by atoms with E-state index in [0.29, 0.717) is 0 Å². The maximum atomic E-state index is 12.5. The van der Waals surface area contributed by atoms with Gasteiger partial charge in [0.25, 0.3) is 0 Å². The maximum absolute atomic E-state index is 12.5. The molecule has 0 aromatic heterocycles. The first-order valence-electron chi connectivity index (χ1n) is 8.94. The molecular weight excluding hydrogens is 308 g/mol. The number of rotatable bonds is 2. The second-order valence-corrected chi connectivity index (χ2v) is 8.45. The van der Waals surface area contributed by atoms with E-state index >= 15 is 0 Å². The summed E-state index contributed by atoms with van der Waals surface area (Å²) in [6.07, 6.45) is 3.00. The zero-order valence-electron chi connectivity index (χ0n) is 16.1. The summed E-state index contributed by atoms with van der Waals surface area (Å²) < 4.78 is 11.1. The van der Waals surface area contributed by atoms with Gasteiger partial charge in [-0.05, 0) is 82.9 Å². The molecule has 2 bridgehead atoms. The third-order valence-corrected chi connectivity index (χ3v) is 4.27. The molecule has 0 heterocycles. The summed E-state index contributed by atoms with van der Waals surface area (Å²) in [4.78, 5) is 25.0. The molecule has 0 radical (unpaired) electrons. The molecule has 2 rings (SSSR count). The van der Waals surface area contributed by atoms with Crippen molar-refractivity contribution in [3.05, 3.63) is 0 Å². The van der Waals surface area contributed by atoms with Crippen LogP contribution in [0.1, 0.15) is 60.8 Å². The average molecular weight is 343 g/mol. The first-order valence-corrected chi connectivity index (χ1v) is 10.9. The van der Waals surface area contributed by atoms with Gasteiger partial charge in [0, 0.05) is 0 Å². The molecule has 2 saturated carbocycles. The number of hydrogen-bond donors (Lipinski definition) is 0. The van der Waals surface area contributed by atoms with Crippen molar-refractivity contribution in [1.82, 2.24) is 0 Å². The summed E-state index contributed by atoms with van der Waals surface area (Å²) in [5.74, 6) is -0.545. The van der Waals surface area contributed by atoms with Crippen molar-refractivity contribution >= 4 is 22.2 Å². The molecule has 2 fully saturated rings. The van der Waals surface area contributed by atoms with Crippen LogP contribution >= 0.6 is 0 Å². The van der Waals surface area contributed by atoms with E-state index in [1.165, 1.54) is 10.2 Å². The van der Waals surface area contributed by atoms with Crippen LogP contribution in [0.2, 0.25) is 6.55 Å². The monoisotopic (exact) mass is 342 g/mol. The number of esters is 2. The lowest BCUT2D eigenvalue weighted by Crippen LogP contribution is -2.41. The fourth-order valence-electron chi connectivity index (χ4n) is 3.71. The third kappa shape index (κ3) is 5.33. The van der Waals surface area contributed by atoms with E-state index in [-0.39, 0.29) is 35.6 Å². The zero-order chi connectivity index (χ0) is 18.0. The minimum atomic E-state index is -0.516. The van der Waals surface area contributed by atoms with E-state index in [9.17, 15) is 9.59 Å². The highest BCUT2D eigenvalue weighted by Gasteiger charge is 2.56. The van der Waals surface area contributed by atoms with Crippen molar-refractivity contribution in [2.24, 2.45) is 23.7 Å². The summed E-state index contributed by atoms with van der Waals surface area (Å²) in [7, 11) is 1.31. The van der Waals surface area contributed by atoms with Crippen molar-refractivity contribution in [3.63, 3.8) is 0 Å². The highest BCUT2D eigenvalue weighted by Crippen LogP contribution is 2.53. The van der Waals surface area contributed by atoms with Gasteiger partial charge in [-0.1, -0.05) is 6.55 Å². The van der Waals surface area contributed by atoms with Crippen LogP contribution < -0.4 is 0 Å². The molecular formula is C18H34O4Si. The molecule has 4 nitrogen and oxygen atoms in total. The van der Waals surface area contributed by atoms with E-state index in [1.807, 2.05) is 41.5 Å². The van der Waals surface area contributed by atoms with Gasteiger partial charge >= 0.3 is 11.9 Å². The zero-order valence-corrected chi connectivity index (χ0v) is 18.1. The molecule has 0 aromatic carbocycles. The third-order valence-electron chi connectivity index (χ3n) is 4.27. The Kier molecular flexibility index (Phi) is 6.47. The molecule has 134 valence electrons. The van der Waals surface area contributed by atoms with Gasteiger partial charge in [-0.2, -0.15) is 0 Å². The second kappa shape index (κ2) is 7.37. The summed E-state index contributed by atoms with van der Waals surface area (Å²) >= 11 is 0. The molecule has 0 aliphatic heterocycles. The quantitative estimate of drug-likeness (QED) is 0.572. The predicted octanol–water partition coefficient (Wildman–Crippen LogP) is 2.73. The summed E-state index contributed by atoms with van der Waals surface area (Å²) in [5, 5.41) is 0. The Balaban J connectivity index is 0.00000127. The Bertz CT molecular complexity index is 393. The first kappa shape index (κ1) is 20.2. The summed E-state index contributed by atoms with van der Waals surface area (Å²) in [5.41, 5.74) is -1.03. The van der Waals surface area contributed by atoms with Crippen molar-refractivity contribution in [2.75, 3.05) is 0 Å². The maximum Gasteiger partial charge on any atom is 0.310 e. The van der Waals surface area contributed by atoms with E-state index in [0.717, 1.165) is 19.3 Å².